The molecular formula is C27H33FN4O3. The average molecular weight is 481 g/mol. The Bertz CT molecular complexity index is 1110. The Morgan fingerprint density at radius 3 is 2.89 bits per heavy atom. The van der Waals surface area contributed by atoms with E-state index in [1.165, 1.54) is 0 Å². The van der Waals surface area contributed by atoms with Gasteiger partial charge in [-0.05, 0) is 92.9 Å². The van der Waals surface area contributed by atoms with E-state index in [0.29, 0.717) is 24.2 Å². The van der Waals surface area contributed by atoms with Crippen LogP contribution in [0.3, 0.4) is 0 Å². The molecule has 0 spiro atoms. The molecule has 0 aliphatic carbocycles. The zero-order valence-electron chi connectivity index (χ0n) is 20.1. The zero-order valence-corrected chi connectivity index (χ0v) is 20.1. The summed E-state index contributed by atoms with van der Waals surface area (Å²) in [4.78, 5) is 26.5. The summed E-state index contributed by atoms with van der Waals surface area (Å²) >= 11 is 0. The number of aliphatic carboxylic acids is 1. The number of hydrogen-bond donors (Lipinski definition) is 1. The van der Waals surface area contributed by atoms with Crippen LogP contribution in [0, 0.1) is 11.8 Å². The van der Waals surface area contributed by atoms with E-state index in [9.17, 15) is 9.90 Å². The summed E-state index contributed by atoms with van der Waals surface area (Å²) in [5.74, 6) is 0.117. The topological polar surface area (TPSA) is 88.4 Å². The Kier molecular flexibility index (Phi) is 8.58. The minimum atomic E-state index is -1.14. The molecule has 0 amide bonds. The largest absolute Gasteiger partial charge is 0.497 e. The number of rotatable bonds is 11. The van der Waals surface area contributed by atoms with Crippen LogP contribution >= 0.6 is 0 Å². The summed E-state index contributed by atoms with van der Waals surface area (Å²) < 4.78 is 20.8. The molecule has 1 aliphatic rings. The molecule has 3 atom stereocenters. The second-order valence-electron chi connectivity index (χ2n) is 9.34. The lowest BCUT2D eigenvalue weighted by Crippen LogP contribution is -2.42. The van der Waals surface area contributed by atoms with Crippen molar-refractivity contribution in [2.24, 2.45) is 11.8 Å². The Hall–Kier alpha value is -3.13. The van der Waals surface area contributed by atoms with E-state index < -0.39 is 12.1 Å². The summed E-state index contributed by atoms with van der Waals surface area (Å²) in [6.07, 6.45) is 7.71. The van der Waals surface area contributed by atoms with Crippen molar-refractivity contribution in [1.29, 1.82) is 0 Å². The number of carboxylic acid groups (broad SMARTS) is 1. The molecule has 0 bridgehead atoms. The lowest BCUT2D eigenvalue weighted by atomic mass is 9.79. The van der Waals surface area contributed by atoms with Gasteiger partial charge in [-0.15, -0.1) is 0 Å². The molecule has 1 saturated heterocycles. The first-order valence-electron chi connectivity index (χ1n) is 12.3. The van der Waals surface area contributed by atoms with Gasteiger partial charge in [0.05, 0.1) is 12.6 Å². The number of carbonyl (C=O) groups is 1. The van der Waals surface area contributed by atoms with Crippen LogP contribution in [0.5, 0.6) is 5.75 Å². The van der Waals surface area contributed by atoms with Gasteiger partial charge in [-0.25, -0.2) is 14.4 Å². The summed E-state index contributed by atoms with van der Waals surface area (Å²) in [6, 6.07) is 9.16. The second kappa shape index (κ2) is 12.0. The number of pyridine rings is 1. The Labute approximate surface area is 205 Å². The number of fused-ring (bicyclic) bond motifs is 1. The maximum atomic E-state index is 15.4. The number of methoxy groups -OCH3 is 1. The fourth-order valence-electron chi connectivity index (χ4n) is 5.21. The van der Waals surface area contributed by atoms with E-state index >= 15 is 4.39 Å². The average Bonchev–Trinajstić information content (AvgIpc) is 2.87. The minimum Gasteiger partial charge on any atom is -0.497 e. The number of aromatic nitrogens is 3. The maximum absolute atomic E-state index is 15.4. The van der Waals surface area contributed by atoms with Crippen molar-refractivity contribution >= 4 is 16.9 Å². The molecule has 0 radical (unpaired) electrons. The number of halogens is 1. The minimum absolute atomic E-state index is 0.0294. The van der Waals surface area contributed by atoms with Gasteiger partial charge in [-0.1, -0.05) is 0 Å². The number of hydrogen-bond acceptors (Lipinski definition) is 6. The van der Waals surface area contributed by atoms with Crippen molar-refractivity contribution in [3.05, 3.63) is 60.3 Å². The van der Waals surface area contributed by atoms with Crippen LogP contribution in [0.15, 0.2) is 49.1 Å². The molecule has 4 rings (SSSR count). The van der Waals surface area contributed by atoms with Gasteiger partial charge in [0.2, 0.25) is 0 Å². The molecule has 7 nitrogen and oxygen atoms in total. The number of piperidine rings is 1. The van der Waals surface area contributed by atoms with E-state index in [-0.39, 0.29) is 18.3 Å². The molecular weight excluding hydrogens is 447 g/mol. The molecule has 1 aliphatic heterocycles. The Balaban J connectivity index is 1.35. The number of likely N-dealkylation sites (tertiary alicyclic amines) is 1. The molecule has 35 heavy (non-hydrogen) atoms. The van der Waals surface area contributed by atoms with Crippen molar-refractivity contribution in [3.63, 3.8) is 0 Å². The van der Waals surface area contributed by atoms with Crippen LogP contribution in [0.25, 0.3) is 10.9 Å². The van der Waals surface area contributed by atoms with Gasteiger partial charge in [0.15, 0.2) is 0 Å². The Morgan fingerprint density at radius 2 is 2.11 bits per heavy atom. The van der Waals surface area contributed by atoms with Crippen molar-refractivity contribution in [2.75, 3.05) is 26.7 Å². The summed E-state index contributed by atoms with van der Waals surface area (Å²) in [5.41, 5.74) is 2.38. The molecule has 186 valence electrons. The van der Waals surface area contributed by atoms with E-state index in [4.69, 9.17) is 4.74 Å². The highest BCUT2D eigenvalue weighted by atomic mass is 19.1. The first kappa shape index (κ1) is 25.0. The number of benzene rings is 1. The van der Waals surface area contributed by atoms with Crippen molar-refractivity contribution in [2.45, 2.75) is 44.7 Å². The van der Waals surface area contributed by atoms with Gasteiger partial charge in [0, 0.05) is 36.4 Å². The molecule has 1 N–H and O–H groups in total. The van der Waals surface area contributed by atoms with Crippen LogP contribution in [0.4, 0.5) is 4.39 Å². The van der Waals surface area contributed by atoms with Gasteiger partial charge < -0.3 is 14.7 Å². The third-order valence-electron chi connectivity index (χ3n) is 7.07. The van der Waals surface area contributed by atoms with Crippen molar-refractivity contribution in [1.82, 2.24) is 19.9 Å². The number of alkyl halides is 1. The smallest absolute Gasteiger partial charge is 0.303 e. The highest BCUT2D eigenvalue weighted by Crippen LogP contribution is 2.36. The number of aryl methyl sites for hydroxylation is 1. The molecule has 8 heteroatoms. The predicted molar refractivity (Wildman–Crippen MR) is 132 cm³/mol. The van der Waals surface area contributed by atoms with Crippen LogP contribution in [0.1, 0.15) is 49.5 Å². The third-order valence-corrected chi connectivity index (χ3v) is 7.07. The summed E-state index contributed by atoms with van der Waals surface area (Å²) in [6.45, 7) is 2.56. The highest BCUT2D eigenvalue weighted by molar-refractivity contribution is 5.83. The van der Waals surface area contributed by atoms with Gasteiger partial charge in [0.1, 0.15) is 18.2 Å². The normalized spacial score (nSPS) is 19.5. The Morgan fingerprint density at radius 1 is 1.23 bits per heavy atom. The van der Waals surface area contributed by atoms with E-state index in [2.05, 4.69) is 19.9 Å². The van der Waals surface area contributed by atoms with E-state index in [1.807, 2.05) is 24.3 Å². The SMILES string of the molecule is COc1ccc2nccc(C(F)CC[C@@H]3CCN(CCCc4ccncn4)C[C@@H]3CC(=O)O)c2c1. The van der Waals surface area contributed by atoms with Crippen LogP contribution in [0.2, 0.25) is 0 Å². The van der Waals surface area contributed by atoms with Gasteiger partial charge in [-0.2, -0.15) is 0 Å². The first-order valence-corrected chi connectivity index (χ1v) is 12.3. The van der Waals surface area contributed by atoms with Gasteiger partial charge in [0.25, 0.3) is 0 Å². The number of ether oxygens (including phenoxy) is 1. The van der Waals surface area contributed by atoms with E-state index in [1.54, 1.807) is 31.9 Å². The molecule has 3 heterocycles. The van der Waals surface area contributed by atoms with Crippen molar-refractivity contribution in [3.8, 4) is 5.75 Å². The van der Waals surface area contributed by atoms with Gasteiger partial charge in [-0.3, -0.25) is 9.78 Å². The predicted octanol–water partition coefficient (Wildman–Crippen LogP) is 4.87. The molecule has 1 aromatic carbocycles. The van der Waals surface area contributed by atoms with Crippen LogP contribution < -0.4 is 4.74 Å². The quantitative estimate of drug-likeness (QED) is 0.419. The van der Waals surface area contributed by atoms with Gasteiger partial charge >= 0.3 is 5.97 Å². The fourth-order valence-corrected chi connectivity index (χ4v) is 5.21. The second-order valence-corrected chi connectivity index (χ2v) is 9.34. The number of nitrogens with zero attached hydrogens (tertiary/aromatic N) is 4. The lowest BCUT2D eigenvalue weighted by molar-refractivity contribution is -0.139. The lowest BCUT2D eigenvalue weighted by Gasteiger charge is -2.38. The first-order chi connectivity index (χ1) is 17.0. The third kappa shape index (κ3) is 6.72. The summed E-state index contributed by atoms with van der Waals surface area (Å²) in [5, 5.41) is 10.3. The molecule has 1 fully saturated rings. The van der Waals surface area contributed by atoms with Crippen molar-refractivity contribution < 1.29 is 19.0 Å². The molecule has 0 saturated carbocycles. The van der Waals surface area contributed by atoms with Crippen LogP contribution in [-0.4, -0.2) is 57.7 Å². The van der Waals surface area contributed by atoms with Crippen LogP contribution in [-0.2, 0) is 11.2 Å². The zero-order chi connectivity index (χ0) is 24.6. The molecule has 2 aromatic heterocycles. The number of carboxylic acids is 1. The molecule has 1 unspecified atom stereocenters. The standard InChI is InChI=1S/C27H33FN4O3/c1-35-22-5-7-26-24(16-22)23(9-12-30-26)25(28)6-4-19-10-14-32(17-20(19)15-27(33)34)13-2-3-21-8-11-29-18-31-21/h5,7-9,11-12,16,18-20,25H,2-4,6,10,13-15,17H2,1H3,(H,33,34)/t19-,20+,25?/m1/s1. The molecule has 3 aromatic rings. The van der Waals surface area contributed by atoms with E-state index in [0.717, 1.165) is 55.5 Å². The fraction of sp³-hybridized carbons (Fsp3) is 0.481. The summed E-state index contributed by atoms with van der Waals surface area (Å²) in [7, 11) is 1.59. The highest BCUT2D eigenvalue weighted by Gasteiger charge is 2.31. The monoisotopic (exact) mass is 480 g/mol. The maximum Gasteiger partial charge on any atom is 0.303 e.